The first kappa shape index (κ1) is 19.2. The molecule has 1 heterocycles. The van der Waals surface area contributed by atoms with Crippen molar-refractivity contribution in [1.82, 2.24) is 0 Å². The van der Waals surface area contributed by atoms with Crippen molar-refractivity contribution >= 4 is 6.21 Å². The van der Waals surface area contributed by atoms with E-state index in [0.717, 1.165) is 6.21 Å². The van der Waals surface area contributed by atoms with Crippen molar-refractivity contribution < 1.29 is 45.2 Å². The van der Waals surface area contributed by atoms with Gasteiger partial charge in [-0.3, -0.25) is 0 Å². The van der Waals surface area contributed by atoms with Crippen LogP contribution in [0.3, 0.4) is 0 Å². The summed E-state index contributed by atoms with van der Waals surface area (Å²) in [5.74, 6) is 4.88. The van der Waals surface area contributed by atoms with Crippen molar-refractivity contribution in [3.63, 3.8) is 0 Å². The van der Waals surface area contributed by atoms with Crippen molar-refractivity contribution in [2.45, 2.75) is 49.0 Å². The van der Waals surface area contributed by atoms with E-state index >= 15 is 0 Å². The van der Waals surface area contributed by atoms with Crippen LogP contribution in [0.2, 0.25) is 0 Å². The van der Waals surface area contributed by atoms with Crippen molar-refractivity contribution in [1.29, 1.82) is 0 Å². The van der Waals surface area contributed by atoms with E-state index < -0.39 is 62.2 Å². The number of nitrogens with two attached hydrogens (primary N) is 1. The first-order valence-electron chi connectivity index (χ1n) is 6.53. The lowest BCUT2D eigenvalue weighted by Gasteiger charge is -2.41. The van der Waals surface area contributed by atoms with Crippen LogP contribution in [-0.2, 0) is 9.47 Å². The molecule has 0 aliphatic carbocycles. The number of hydrogen-bond acceptors (Lipinski definition) is 11. The van der Waals surface area contributed by atoms with E-state index in [9.17, 15) is 25.5 Å². The fourth-order valence-corrected chi connectivity index (χ4v) is 2.01. The van der Waals surface area contributed by atoms with Crippen LogP contribution < -0.4 is 5.84 Å². The number of hydrogen-bond donors (Lipinski definition) is 8. The number of rotatable bonds is 7. The largest absolute Gasteiger partial charge is 0.394 e. The quantitative estimate of drug-likeness (QED) is 0.127. The zero-order valence-electron chi connectivity index (χ0n) is 11.6. The highest BCUT2D eigenvalue weighted by Crippen LogP contribution is 2.24. The Morgan fingerprint density at radius 3 is 2.27 bits per heavy atom. The Labute approximate surface area is 125 Å². The highest BCUT2D eigenvalue weighted by Gasteiger charge is 2.46. The third-order valence-electron chi connectivity index (χ3n) is 3.28. The molecule has 0 unspecified atom stereocenters. The second-order valence-corrected chi connectivity index (χ2v) is 4.84. The summed E-state index contributed by atoms with van der Waals surface area (Å²) >= 11 is 0. The van der Waals surface area contributed by atoms with Crippen LogP contribution in [0.5, 0.6) is 0 Å². The van der Waals surface area contributed by atoms with E-state index in [2.05, 4.69) is 5.10 Å². The molecule has 11 heteroatoms. The Hall–Kier alpha value is -0.890. The number of aliphatic hydroxyl groups excluding tert-OH is 7. The van der Waals surface area contributed by atoms with E-state index in [4.69, 9.17) is 25.5 Å². The minimum atomic E-state index is -1.71. The Morgan fingerprint density at radius 2 is 1.77 bits per heavy atom. The normalized spacial score (nSPS) is 37.1. The molecule has 0 amide bonds. The first-order chi connectivity index (χ1) is 10.4. The third-order valence-corrected chi connectivity index (χ3v) is 3.28. The highest BCUT2D eigenvalue weighted by molar-refractivity contribution is 5.63. The summed E-state index contributed by atoms with van der Waals surface area (Å²) in [6.07, 6.45) is -11.5. The molecule has 1 aliphatic rings. The van der Waals surface area contributed by atoms with Crippen molar-refractivity contribution in [3.8, 4) is 0 Å². The summed E-state index contributed by atoms with van der Waals surface area (Å²) in [7, 11) is 0. The summed E-state index contributed by atoms with van der Waals surface area (Å²) in [5, 5.41) is 69.5. The minimum Gasteiger partial charge on any atom is -0.394 e. The van der Waals surface area contributed by atoms with Gasteiger partial charge in [0.1, 0.15) is 42.7 Å². The standard InChI is InChI=1S/C11H22N2O9/c12-13-1-4(16)10(5(17)2-14)22-11-9(20)8(19)7(18)6(3-15)21-11/h1,4-11,14-20H,2-3,12H2/t4-,5-,6-,7+,8+,9-,10+,11+/m1/s1. The van der Waals surface area contributed by atoms with E-state index in [-0.39, 0.29) is 0 Å². The monoisotopic (exact) mass is 326 g/mol. The molecule has 0 aromatic carbocycles. The minimum absolute atomic E-state index is 0.662. The average Bonchev–Trinajstić information content (AvgIpc) is 2.51. The van der Waals surface area contributed by atoms with E-state index in [1.165, 1.54) is 0 Å². The van der Waals surface area contributed by atoms with E-state index in [1.54, 1.807) is 0 Å². The maximum absolute atomic E-state index is 9.81. The van der Waals surface area contributed by atoms with Crippen molar-refractivity contribution in [2.24, 2.45) is 10.9 Å². The van der Waals surface area contributed by atoms with Crippen molar-refractivity contribution in [2.75, 3.05) is 13.2 Å². The average molecular weight is 326 g/mol. The summed E-state index contributed by atoms with van der Waals surface area (Å²) in [4.78, 5) is 0. The Bertz CT molecular complexity index is 356. The molecule has 22 heavy (non-hydrogen) atoms. The van der Waals surface area contributed by atoms with Gasteiger partial charge in [-0.15, -0.1) is 0 Å². The predicted octanol–water partition coefficient (Wildman–Crippen LogP) is -5.17. The summed E-state index contributed by atoms with van der Waals surface area (Å²) < 4.78 is 10.2. The first-order valence-corrected chi connectivity index (χ1v) is 6.53. The van der Waals surface area contributed by atoms with Gasteiger partial charge in [0.15, 0.2) is 6.29 Å². The summed E-state index contributed by atoms with van der Waals surface area (Å²) in [5.41, 5.74) is 0. The molecule has 1 rings (SSSR count). The lowest BCUT2D eigenvalue weighted by atomic mass is 9.99. The maximum Gasteiger partial charge on any atom is 0.187 e. The molecule has 9 N–H and O–H groups in total. The number of nitrogens with zero attached hydrogens (tertiary/aromatic N) is 1. The molecule has 0 spiro atoms. The number of hydrazone groups is 1. The molecule has 130 valence electrons. The zero-order chi connectivity index (χ0) is 16.9. The maximum atomic E-state index is 9.81. The molecule has 0 saturated carbocycles. The van der Waals surface area contributed by atoms with Gasteiger partial charge in [0.05, 0.1) is 19.4 Å². The smallest absolute Gasteiger partial charge is 0.187 e. The topological polar surface area (TPSA) is 198 Å². The Morgan fingerprint density at radius 1 is 1.14 bits per heavy atom. The number of aliphatic hydroxyl groups is 7. The van der Waals surface area contributed by atoms with Gasteiger partial charge >= 0.3 is 0 Å². The van der Waals surface area contributed by atoms with Gasteiger partial charge in [-0.05, 0) is 0 Å². The van der Waals surface area contributed by atoms with Crippen LogP contribution >= 0.6 is 0 Å². The van der Waals surface area contributed by atoms with E-state index in [0.29, 0.717) is 0 Å². The van der Waals surface area contributed by atoms with Gasteiger partial charge in [0.2, 0.25) is 0 Å². The van der Waals surface area contributed by atoms with Gasteiger partial charge in [0.25, 0.3) is 0 Å². The van der Waals surface area contributed by atoms with Crippen LogP contribution in [0.25, 0.3) is 0 Å². The molecule has 1 aliphatic heterocycles. The van der Waals surface area contributed by atoms with Crippen LogP contribution in [0.1, 0.15) is 0 Å². The molecular formula is C11H22N2O9. The van der Waals surface area contributed by atoms with Crippen molar-refractivity contribution in [3.05, 3.63) is 0 Å². The number of ether oxygens (including phenoxy) is 2. The fourth-order valence-electron chi connectivity index (χ4n) is 2.01. The molecule has 0 aromatic heterocycles. The Balaban J connectivity index is 2.86. The second kappa shape index (κ2) is 8.67. The molecule has 0 aromatic rings. The predicted molar refractivity (Wildman–Crippen MR) is 70.4 cm³/mol. The van der Waals surface area contributed by atoms with Crippen LogP contribution in [0, 0.1) is 0 Å². The van der Waals surface area contributed by atoms with Crippen LogP contribution in [0.4, 0.5) is 0 Å². The van der Waals surface area contributed by atoms with Gasteiger partial charge < -0.3 is 51.1 Å². The molecule has 1 fully saturated rings. The van der Waals surface area contributed by atoms with Gasteiger partial charge in [-0.2, -0.15) is 5.10 Å². The second-order valence-electron chi connectivity index (χ2n) is 4.84. The third kappa shape index (κ3) is 4.32. The van der Waals surface area contributed by atoms with Crippen LogP contribution in [0.15, 0.2) is 5.10 Å². The van der Waals surface area contributed by atoms with Gasteiger partial charge in [0, 0.05) is 0 Å². The lowest BCUT2D eigenvalue weighted by Crippen LogP contribution is -2.61. The molecule has 11 nitrogen and oxygen atoms in total. The van der Waals surface area contributed by atoms with Crippen LogP contribution in [-0.4, -0.2) is 104 Å². The van der Waals surface area contributed by atoms with Gasteiger partial charge in [-0.25, -0.2) is 0 Å². The Kier molecular flexibility index (Phi) is 7.55. The van der Waals surface area contributed by atoms with E-state index in [1.807, 2.05) is 0 Å². The zero-order valence-corrected chi connectivity index (χ0v) is 11.6. The molecule has 1 saturated heterocycles. The fraction of sp³-hybridized carbons (Fsp3) is 0.909. The lowest BCUT2D eigenvalue weighted by molar-refractivity contribution is -0.321. The summed E-state index contributed by atoms with van der Waals surface area (Å²) in [6.45, 7) is -1.44. The molecule has 0 radical (unpaired) electrons. The molecule has 0 bridgehead atoms. The van der Waals surface area contributed by atoms with Gasteiger partial charge in [-0.1, -0.05) is 0 Å². The SMILES string of the molecule is NN=C[C@@H](O)[C@H](O[C@@H]1O[C@H](CO)[C@H](O)[C@H](O)[C@H]1O)[C@H](O)CO. The summed E-state index contributed by atoms with van der Waals surface area (Å²) in [6, 6.07) is 0. The highest BCUT2D eigenvalue weighted by atomic mass is 16.7. The molecule has 8 atom stereocenters. The molecular weight excluding hydrogens is 304 g/mol.